The Kier molecular flexibility index (Phi) is 2.14. The standard InChI is InChI=1S/C10H8BrF3/c11-8-3-1-2-7(6-8)9(4-5-9)10(12,13)14/h1-3,6H,4-5H2. The van der Waals surface area contributed by atoms with Crippen molar-refractivity contribution in [3.8, 4) is 0 Å². The van der Waals surface area contributed by atoms with Gasteiger partial charge < -0.3 is 0 Å². The van der Waals surface area contributed by atoms with Crippen LogP contribution < -0.4 is 0 Å². The summed E-state index contributed by atoms with van der Waals surface area (Å²) in [5.41, 5.74) is -1.18. The van der Waals surface area contributed by atoms with Crippen LogP contribution >= 0.6 is 15.9 Å². The molecule has 0 aromatic heterocycles. The molecule has 0 N–H and O–H groups in total. The molecule has 14 heavy (non-hydrogen) atoms. The molecule has 1 aromatic rings. The van der Waals surface area contributed by atoms with E-state index in [0.717, 1.165) is 0 Å². The maximum absolute atomic E-state index is 12.7. The van der Waals surface area contributed by atoms with Crippen molar-refractivity contribution >= 4 is 15.9 Å². The fourth-order valence-corrected chi connectivity index (χ4v) is 2.05. The van der Waals surface area contributed by atoms with Crippen molar-refractivity contribution in [1.82, 2.24) is 0 Å². The highest BCUT2D eigenvalue weighted by Gasteiger charge is 2.64. The Morgan fingerprint density at radius 2 is 1.86 bits per heavy atom. The fourth-order valence-electron chi connectivity index (χ4n) is 1.65. The number of benzene rings is 1. The van der Waals surface area contributed by atoms with Crippen molar-refractivity contribution in [2.24, 2.45) is 0 Å². The lowest BCUT2D eigenvalue weighted by molar-refractivity contribution is -0.160. The first-order valence-electron chi connectivity index (χ1n) is 4.28. The van der Waals surface area contributed by atoms with Gasteiger partial charge in [0.2, 0.25) is 0 Å². The molecule has 1 aromatic carbocycles. The van der Waals surface area contributed by atoms with Gasteiger partial charge in [-0.2, -0.15) is 13.2 Å². The van der Waals surface area contributed by atoms with Gasteiger partial charge in [0, 0.05) is 4.47 Å². The highest BCUT2D eigenvalue weighted by atomic mass is 79.9. The van der Waals surface area contributed by atoms with Crippen LogP contribution in [0.15, 0.2) is 28.7 Å². The molecule has 1 aliphatic carbocycles. The van der Waals surface area contributed by atoms with Gasteiger partial charge in [0.25, 0.3) is 0 Å². The summed E-state index contributed by atoms with van der Waals surface area (Å²) in [6.45, 7) is 0. The summed E-state index contributed by atoms with van der Waals surface area (Å²) in [5, 5.41) is 0. The Labute approximate surface area is 88.2 Å². The zero-order valence-corrected chi connectivity index (χ0v) is 8.82. The van der Waals surface area contributed by atoms with E-state index in [2.05, 4.69) is 15.9 Å². The minimum Gasteiger partial charge on any atom is -0.170 e. The van der Waals surface area contributed by atoms with Crippen LogP contribution in [-0.2, 0) is 5.41 Å². The van der Waals surface area contributed by atoms with Crippen molar-refractivity contribution in [3.05, 3.63) is 34.3 Å². The van der Waals surface area contributed by atoms with Crippen LogP contribution in [0.1, 0.15) is 18.4 Å². The normalized spacial score (nSPS) is 19.4. The maximum atomic E-state index is 12.7. The van der Waals surface area contributed by atoms with Crippen molar-refractivity contribution in [1.29, 1.82) is 0 Å². The fraction of sp³-hybridized carbons (Fsp3) is 0.400. The van der Waals surface area contributed by atoms with Crippen molar-refractivity contribution in [3.63, 3.8) is 0 Å². The lowest BCUT2D eigenvalue weighted by Crippen LogP contribution is -2.28. The Morgan fingerprint density at radius 1 is 1.21 bits per heavy atom. The highest BCUT2D eigenvalue weighted by molar-refractivity contribution is 9.10. The van der Waals surface area contributed by atoms with Gasteiger partial charge in [0.15, 0.2) is 0 Å². The van der Waals surface area contributed by atoms with Gasteiger partial charge in [-0.3, -0.25) is 0 Å². The van der Waals surface area contributed by atoms with Crippen LogP contribution in [0.5, 0.6) is 0 Å². The van der Waals surface area contributed by atoms with E-state index in [1.807, 2.05) is 0 Å². The van der Waals surface area contributed by atoms with Gasteiger partial charge in [-0.1, -0.05) is 28.1 Å². The van der Waals surface area contributed by atoms with E-state index in [9.17, 15) is 13.2 Å². The predicted molar refractivity (Wildman–Crippen MR) is 51.1 cm³/mol. The molecular weight excluding hydrogens is 257 g/mol. The first kappa shape index (κ1) is 10.0. The summed E-state index contributed by atoms with van der Waals surface area (Å²) in [6.07, 6.45) is -3.69. The minimum absolute atomic E-state index is 0.215. The van der Waals surface area contributed by atoms with Crippen molar-refractivity contribution in [2.75, 3.05) is 0 Å². The zero-order chi connectivity index (χ0) is 10.4. The number of hydrogen-bond acceptors (Lipinski definition) is 0. The van der Waals surface area contributed by atoms with Gasteiger partial charge in [0.1, 0.15) is 0 Å². The molecule has 4 heteroatoms. The molecule has 0 radical (unpaired) electrons. The van der Waals surface area contributed by atoms with E-state index in [1.54, 1.807) is 24.3 Å². The molecule has 0 heterocycles. The average Bonchev–Trinajstić information content (AvgIpc) is 2.82. The Morgan fingerprint density at radius 3 is 2.29 bits per heavy atom. The molecule has 0 bridgehead atoms. The molecule has 0 aliphatic heterocycles. The lowest BCUT2D eigenvalue weighted by Gasteiger charge is -2.19. The molecule has 0 nitrogen and oxygen atoms in total. The third kappa shape index (κ3) is 1.45. The molecule has 0 unspecified atom stereocenters. The van der Waals surface area contributed by atoms with E-state index in [-0.39, 0.29) is 12.8 Å². The zero-order valence-electron chi connectivity index (χ0n) is 7.24. The van der Waals surface area contributed by atoms with Gasteiger partial charge >= 0.3 is 6.18 Å². The van der Waals surface area contributed by atoms with Crippen molar-refractivity contribution in [2.45, 2.75) is 24.4 Å². The van der Waals surface area contributed by atoms with Crippen LogP contribution in [0.25, 0.3) is 0 Å². The second-order valence-electron chi connectivity index (χ2n) is 3.59. The molecule has 2 rings (SSSR count). The molecule has 76 valence electrons. The summed E-state index contributed by atoms with van der Waals surface area (Å²) in [5.74, 6) is 0. The van der Waals surface area contributed by atoms with Crippen LogP contribution in [0.4, 0.5) is 13.2 Å². The van der Waals surface area contributed by atoms with Crippen LogP contribution in [-0.4, -0.2) is 6.18 Å². The second-order valence-corrected chi connectivity index (χ2v) is 4.51. The van der Waals surface area contributed by atoms with E-state index in [0.29, 0.717) is 10.0 Å². The molecule has 0 atom stereocenters. The SMILES string of the molecule is FC(F)(F)C1(c2cccc(Br)c2)CC1. The van der Waals surface area contributed by atoms with Crippen molar-refractivity contribution < 1.29 is 13.2 Å². The molecule has 0 amide bonds. The number of alkyl halides is 3. The number of hydrogen-bond donors (Lipinski definition) is 0. The van der Waals surface area contributed by atoms with E-state index in [4.69, 9.17) is 0 Å². The summed E-state index contributed by atoms with van der Waals surface area (Å²) in [4.78, 5) is 0. The van der Waals surface area contributed by atoms with E-state index >= 15 is 0 Å². The summed E-state index contributed by atoms with van der Waals surface area (Å²) in [6, 6.07) is 6.48. The van der Waals surface area contributed by atoms with Gasteiger partial charge in [-0.05, 0) is 30.5 Å². The monoisotopic (exact) mass is 264 g/mol. The Hall–Kier alpha value is -0.510. The smallest absolute Gasteiger partial charge is 0.170 e. The molecular formula is C10H8BrF3. The third-order valence-corrected chi connectivity index (χ3v) is 3.16. The van der Waals surface area contributed by atoms with Gasteiger partial charge in [-0.25, -0.2) is 0 Å². The topological polar surface area (TPSA) is 0 Å². The first-order valence-corrected chi connectivity index (χ1v) is 5.08. The maximum Gasteiger partial charge on any atom is 0.398 e. The molecule has 1 saturated carbocycles. The van der Waals surface area contributed by atoms with E-state index < -0.39 is 11.6 Å². The van der Waals surface area contributed by atoms with Crippen LogP contribution in [0.3, 0.4) is 0 Å². The van der Waals surface area contributed by atoms with Gasteiger partial charge in [-0.15, -0.1) is 0 Å². The predicted octanol–water partition coefficient (Wildman–Crippen LogP) is 4.04. The third-order valence-electron chi connectivity index (χ3n) is 2.67. The van der Waals surface area contributed by atoms with Gasteiger partial charge in [0.05, 0.1) is 5.41 Å². The van der Waals surface area contributed by atoms with Crippen LogP contribution in [0.2, 0.25) is 0 Å². The summed E-state index contributed by atoms with van der Waals surface area (Å²) in [7, 11) is 0. The number of rotatable bonds is 1. The molecule has 0 spiro atoms. The lowest BCUT2D eigenvalue weighted by atomic mass is 9.96. The number of halogens is 4. The first-order chi connectivity index (χ1) is 6.46. The Bertz CT molecular complexity index is 353. The Balaban J connectivity index is 2.41. The quantitative estimate of drug-likeness (QED) is 0.718. The highest BCUT2D eigenvalue weighted by Crippen LogP contribution is 2.59. The van der Waals surface area contributed by atoms with Crippen LogP contribution in [0, 0.1) is 0 Å². The average molecular weight is 265 g/mol. The second kappa shape index (κ2) is 2.99. The summed E-state index contributed by atoms with van der Waals surface area (Å²) >= 11 is 3.18. The minimum atomic E-state index is -4.12. The largest absolute Gasteiger partial charge is 0.398 e. The molecule has 0 saturated heterocycles. The summed E-state index contributed by atoms with van der Waals surface area (Å²) < 4.78 is 38.8. The van der Waals surface area contributed by atoms with E-state index in [1.165, 1.54) is 0 Å². The molecule has 1 fully saturated rings. The molecule has 1 aliphatic rings.